The molecule has 0 nitrogen and oxygen atoms in total. The minimum atomic E-state index is 1.19. The molecule has 0 aromatic carbocycles. The summed E-state index contributed by atoms with van der Waals surface area (Å²) in [5.74, 6) is 2.38. The quantitative estimate of drug-likeness (QED) is 0.418. The standard InChI is InChI=1S/C6H10/c1-2-6-3-5(1)4-6/h5-6H,1-4H2/t5-,6+. The van der Waals surface area contributed by atoms with Crippen LogP contribution in [0.4, 0.5) is 0 Å². The van der Waals surface area contributed by atoms with Gasteiger partial charge in [-0.25, -0.2) is 0 Å². The molecule has 0 unspecified atom stereocenters. The highest BCUT2D eigenvalue weighted by atomic mass is 14.4. The van der Waals surface area contributed by atoms with Crippen LogP contribution in [0.3, 0.4) is 0 Å². The molecule has 0 atom stereocenters. The number of fused-ring (bicyclic) bond motifs is 1. The summed E-state index contributed by atoms with van der Waals surface area (Å²) in [5, 5.41) is 0. The lowest BCUT2D eigenvalue weighted by Crippen LogP contribution is -2.09. The summed E-state index contributed by atoms with van der Waals surface area (Å²) in [4.78, 5) is 0. The molecule has 2 bridgehead atoms. The molecular formula is C6H10. The van der Waals surface area contributed by atoms with Crippen molar-refractivity contribution in [1.82, 2.24) is 0 Å². The number of hydrogen-bond acceptors (Lipinski definition) is 0. The topological polar surface area (TPSA) is 0 Å². The van der Waals surface area contributed by atoms with Crippen LogP contribution in [0.2, 0.25) is 0 Å². The third-order valence-corrected chi connectivity index (χ3v) is 2.32. The van der Waals surface area contributed by atoms with Crippen molar-refractivity contribution < 1.29 is 0 Å². The van der Waals surface area contributed by atoms with Crippen molar-refractivity contribution in [3.05, 3.63) is 0 Å². The van der Waals surface area contributed by atoms with Crippen LogP contribution in [0.25, 0.3) is 0 Å². The Morgan fingerprint density at radius 2 is 1.33 bits per heavy atom. The van der Waals surface area contributed by atoms with Crippen LogP contribution in [0.15, 0.2) is 0 Å². The molecule has 3 saturated carbocycles. The normalized spacial score (nSPS) is 52.0. The first-order chi connectivity index (χ1) is 2.95. The van der Waals surface area contributed by atoms with E-state index >= 15 is 0 Å². The van der Waals surface area contributed by atoms with Gasteiger partial charge in [0.2, 0.25) is 0 Å². The first kappa shape index (κ1) is 3.06. The third-order valence-electron chi connectivity index (χ3n) is 2.32. The van der Waals surface area contributed by atoms with E-state index in [2.05, 4.69) is 0 Å². The Morgan fingerprint density at radius 3 is 1.50 bits per heavy atom. The molecule has 0 aromatic heterocycles. The Labute approximate surface area is 38.6 Å². The fraction of sp³-hybridized carbons (Fsp3) is 1.00. The smallest absolute Gasteiger partial charge is 0.0409 e. The van der Waals surface area contributed by atoms with Gasteiger partial charge in [-0.05, 0) is 24.7 Å². The Morgan fingerprint density at radius 1 is 0.833 bits per heavy atom. The predicted molar refractivity (Wildman–Crippen MR) is 25.4 cm³/mol. The number of hydrogen-bond donors (Lipinski definition) is 0. The van der Waals surface area contributed by atoms with Crippen molar-refractivity contribution in [2.24, 2.45) is 11.8 Å². The molecule has 0 aromatic rings. The molecular weight excluding hydrogens is 72.1 g/mol. The maximum Gasteiger partial charge on any atom is -0.0409 e. The van der Waals surface area contributed by atoms with E-state index in [0.29, 0.717) is 0 Å². The van der Waals surface area contributed by atoms with E-state index in [-0.39, 0.29) is 0 Å². The second kappa shape index (κ2) is 0.800. The maximum atomic E-state index is 1.58. The van der Waals surface area contributed by atoms with E-state index in [0.717, 1.165) is 0 Å². The first-order valence-corrected chi connectivity index (χ1v) is 2.95. The van der Waals surface area contributed by atoms with Gasteiger partial charge in [-0.1, -0.05) is 12.8 Å². The Balaban J connectivity index is 2.16. The molecule has 0 aliphatic heterocycles. The van der Waals surface area contributed by atoms with Crippen LogP contribution in [0.5, 0.6) is 0 Å². The van der Waals surface area contributed by atoms with Crippen LogP contribution in [-0.2, 0) is 0 Å². The lowest BCUT2D eigenvalue weighted by molar-refractivity contribution is 0.304. The van der Waals surface area contributed by atoms with Gasteiger partial charge in [0.15, 0.2) is 0 Å². The van der Waals surface area contributed by atoms with E-state index in [1.807, 2.05) is 0 Å². The van der Waals surface area contributed by atoms with Gasteiger partial charge >= 0.3 is 0 Å². The summed E-state index contributed by atoms with van der Waals surface area (Å²) in [6.07, 6.45) is 6.29. The molecule has 0 heterocycles. The molecule has 0 spiro atoms. The molecule has 0 radical (unpaired) electrons. The monoisotopic (exact) mass is 82.1 g/mol. The maximum absolute atomic E-state index is 1.58. The van der Waals surface area contributed by atoms with Crippen LogP contribution in [0.1, 0.15) is 25.7 Å². The minimum Gasteiger partial charge on any atom is -0.0502 e. The van der Waals surface area contributed by atoms with Gasteiger partial charge in [-0.3, -0.25) is 0 Å². The second-order valence-corrected chi connectivity index (χ2v) is 2.78. The average Bonchev–Trinajstić information content (AvgIpc) is 1.72. The molecule has 3 aliphatic rings. The SMILES string of the molecule is C1C[C@H]2C[C@@H]1C2. The molecule has 0 N–H and O–H groups in total. The Kier molecular flexibility index (Phi) is 0.408. The predicted octanol–water partition coefficient (Wildman–Crippen LogP) is 1.81. The van der Waals surface area contributed by atoms with Crippen molar-refractivity contribution in [3.8, 4) is 0 Å². The summed E-state index contributed by atoms with van der Waals surface area (Å²) < 4.78 is 0. The molecule has 3 aliphatic carbocycles. The second-order valence-electron chi connectivity index (χ2n) is 2.78. The fourth-order valence-electron chi connectivity index (χ4n) is 1.82. The Bertz CT molecular complexity index is 46.9. The van der Waals surface area contributed by atoms with Crippen molar-refractivity contribution in [3.63, 3.8) is 0 Å². The summed E-state index contributed by atoms with van der Waals surface area (Å²) in [7, 11) is 0. The first-order valence-electron chi connectivity index (χ1n) is 2.95. The van der Waals surface area contributed by atoms with E-state index < -0.39 is 0 Å². The van der Waals surface area contributed by atoms with Gasteiger partial charge in [0.05, 0.1) is 0 Å². The van der Waals surface area contributed by atoms with Gasteiger partial charge in [0.1, 0.15) is 0 Å². The van der Waals surface area contributed by atoms with Crippen LogP contribution in [-0.4, -0.2) is 0 Å². The minimum absolute atomic E-state index is 1.19. The molecule has 3 fully saturated rings. The summed E-state index contributed by atoms with van der Waals surface area (Å²) >= 11 is 0. The van der Waals surface area contributed by atoms with Crippen molar-refractivity contribution in [1.29, 1.82) is 0 Å². The molecule has 0 heteroatoms. The summed E-state index contributed by atoms with van der Waals surface area (Å²) in [5.41, 5.74) is 0. The van der Waals surface area contributed by atoms with Gasteiger partial charge < -0.3 is 0 Å². The van der Waals surface area contributed by atoms with Gasteiger partial charge in [0.25, 0.3) is 0 Å². The zero-order valence-corrected chi connectivity index (χ0v) is 3.98. The van der Waals surface area contributed by atoms with Crippen LogP contribution >= 0.6 is 0 Å². The molecule has 6 heavy (non-hydrogen) atoms. The zero-order chi connectivity index (χ0) is 3.98. The molecule has 3 rings (SSSR count). The van der Waals surface area contributed by atoms with E-state index in [4.69, 9.17) is 0 Å². The lowest BCUT2D eigenvalue weighted by Gasteiger charge is -2.21. The van der Waals surface area contributed by atoms with E-state index in [9.17, 15) is 0 Å². The molecule has 0 saturated heterocycles. The van der Waals surface area contributed by atoms with Gasteiger partial charge in [-0.2, -0.15) is 0 Å². The lowest BCUT2D eigenvalue weighted by atomic mass is 9.85. The number of rotatable bonds is 0. The van der Waals surface area contributed by atoms with Gasteiger partial charge in [0, 0.05) is 0 Å². The highest BCUT2D eigenvalue weighted by Gasteiger charge is 2.35. The average molecular weight is 82.1 g/mol. The van der Waals surface area contributed by atoms with Crippen molar-refractivity contribution in [2.45, 2.75) is 25.7 Å². The molecule has 0 amide bonds. The van der Waals surface area contributed by atoms with Crippen molar-refractivity contribution in [2.75, 3.05) is 0 Å². The van der Waals surface area contributed by atoms with E-state index in [1.165, 1.54) is 11.8 Å². The Hall–Kier alpha value is 0. The van der Waals surface area contributed by atoms with E-state index in [1.54, 1.807) is 25.7 Å². The summed E-state index contributed by atoms with van der Waals surface area (Å²) in [6.45, 7) is 0. The van der Waals surface area contributed by atoms with Crippen LogP contribution in [0, 0.1) is 11.8 Å². The highest BCUT2D eigenvalue weighted by molar-refractivity contribution is 4.87. The largest absolute Gasteiger partial charge is 0.0502 e. The third kappa shape index (κ3) is 0.213. The zero-order valence-electron chi connectivity index (χ0n) is 3.98. The molecule has 34 valence electrons. The van der Waals surface area contributed by atoms with Crippen LogP contribution < -0.4 is 0 Å². The fourth-order valence-corrected chi connectivity index (χ4v) is 1.82. The highest BCUT2D eigenvalue weighted by Crippen LogP contribution is 2.47. The summed E-state index contributed by atoms with van der Waals surface area (Å²) in [6, 6.07) is 0. The van der Waals surface area contributed by atoms with Gasteiger partial charge in [-0.15, -0.1) is 0 Å². The van der Waals surface area contributed by atoms with Crippen molar-refractivity contribution >= 4 is 0 Å².